The van der Waals surface area contributed by atoms with E-state index in [0.29, 0.717) is 34.4 Å². The van der Waals surface area contributed by atoms with Gasteiger partial charge in [0.2, 0.25) is 0 Å². The van der Waals surface area contributed by atoms with Gasteiger partial charge in [0.15, 0.2) is 11.6 Å². The maximum atomic E-state index is 12.1. The van der Waals surface area contributed by atoms with Crippen LogP contribution >= 0.6 is 22.9 Å². The Hall–Kier alpha value is -2.38. The second kappa shape index (κ2) is 7.67. The summed E-state index contributed by atoms with van der Waals surface area (Å²) in [6.45, 7) is 2.13. The zero-order valence-electron chi connectivity index (χ0n) is 13.5. The summed E-state index contributed by atoms with van der Waals surface area (Å²) in [5.74, 6) is 0.354. The molecule has 8 heteroatoms. The second-order valence-electron chi connectivity index (χ2n) is 5.42. The van der Waals surface area contributed by atoms with Gasteiger partial charge in [-0.25, -0.2) is 4.98 Å². The van der Waals surface area contributed by atoms with Crippen molar-refractivity contribution >= 4 is 33.8 Å². The Morgan fingerprint density at radius 2 is 2.12 bits per heavy atom. The van der Waals surface area contributed by atoms with E-state index in [4.69, 9.17) is 16.3 Å². The van der Waals surface area contributed by atoms with Gasteiger partial charge in [0, 0.05) is 40.8 Å². The quantitative estimate of drug-likeness (QED) is 0.716. The molecule has 0 aliphatic heterocycles. The van der Waals surface area contributed by atoms with E-state index in [-0.39, 0.29) is 18.1 Å². The van der Waals surface area contributed by atoms with Crippen LogP contribution in [0.2, 0.25) is 5.02 Å². The molecular formula is C17H16ClN3O3S. The number of carbonyl (C=O) groups is 1. The van der Waals surface area contributed by atoms with Crippen molar-refractivity contribution in [3.05, 3.63) is 62.5 Å². The predicted octanol–water partition coefficient (Wildman–Crippen LogP) is 2.46. The monoisotopic (exact) mass is 377 g/mol. The predicted molar refractivity (Wildman–Crippen MR) is 97.7 cm³/mol. The van der Waals surface area contributed by atoms with E-state index in [1.165, 1.54) is 17.4 Å². The first-order chi connectivity index (χ1) is 12.0. The van der Waals surface area contributed by atoms with Gasteiger partial charge in [-0.3, -0.25) is 14.0 Å². The van der Waals surface area contributed by atoms with Crippen LogP contribution in [0.25, 0.3) is 4.96 Å². The number of hydrogen-bond acceptors (Lipinski definition) is 5. The lowest BCUT2D eigenvalue weighted by Crippen LogP contribution is -2.31. The van der Waals surface area contributed by atoms with E-state index < -0.39 is 0 Å². The van der Waals surface area contributed by atoms with Crippen LogP contribution < -0.4 is 15.6 Å². The van der Waals surface area contributed by atoms with Crippen LogP contribution in [0.15, 0.2) is 40.5 Å². The first-order valence-corrected chi connectivity index (χ1v) is 8.90. The number of ether oxygens (including phenoxy) is 1. The summed E-state index contributed by atoms with van der Waals surface area (Å²) in [7, 11) is 0. The minimum atomic E-state index is -0.226. The van der Waals surface area contributed by atoms with Gasteiger partial charge in [-0.2, -0.15) is 0 Å². The van der Waals surface area contributed by atoms with Crippen molar-refractivity contribution in [3.63, 3.8) is 0 Å². The standard InChI is InChI=1S/C17H16ClN3O3S/c1-11-8-16(23)21-13(10-25-17(21)20-11)6-7-19-15(22)9-24-14-4-2-12(18)3-5-14/h2-5,8,10H,6-7,9H2,1H3,(H,19,22). The van der Waals surface area contributed by atoms with Gasteiger partial charge in [-0.05, 0) is 31.2 Å². The SMILES string of the molecule is Cc1cc(=O)n2c(CCNC(=O)COc3ccc(Cl)cc3)csc2n1. The summed E-state index contributed by atoms with van der Waals surface area (Å²) in [6, 6.07) is 8.30. The van der Waals surface area contributed by atoms with Crippen LogP contribution in [0.4, 0.5) is 0 Å². The first kappa shape index (κ1) is 17.4. The van der Waals surface area contributed by atoms with E-state index in [9.17, 15) is 9.59 Å². The molecule has 1 aromatic carbocycles. The molecule has 6 nitrogen and oxygen atoms in total. The lowest BCUT2D eigenvalue weighted by Gasteiger charge is -2.07. The van der Waals surface area contributed by atoms with E-state index >= 15 is 0 Å². The molecule has 0 fully saturated rings. The normalized spacial score (nSPS) is 10.8. The third-order valence-electron chi connectivity index (χ3n) is 3.49. The Labute approximate surface area is 153 Å². The van der Waals surface area contributed by atoms with Crippen molar-refractivity contribution in [2.45, 2.75) is 13.3 Å². The average molecular weight is 378 g/mol. The molecule has 130 valence electrons. The molecule has 0 saturated heterocycles. The fourth-order valence-corrected chi connectivity index (χ4v) is 3.42. The number of amides is 1. The summed E-state index contributed by atoms with van der Waals surface area (Å²) >= 11 is 7.20. The molecule has 0 aliphatic carbocycles. The number of thiazole rings is 1. The number of fused-ring (bicyclic) bond motifs is 1. The molecule has 0 radical (unpaired) electrons. The molecule has 1 N–H and O–H groups in total. The minimum Gasteiger partial charge on any atom is -0.484 e. The third kappa shape index (κ3) is 4.37. The fourth-order valence-electron chi connectivity index (χ4n) is 2.32. The average Bonchev–Trinajstić information content (AvgIpc) is 2.97. The summed E-state index contributed by atoms with van der Waals surface area (Å²) in [4.78, 5) is 28.9. The Bertz CT molecular complexity index is 950. The zero-order valence-corrected chi connectivity index (χ0v) is 15.1. The summed E-state index contributed by atoms with van der Waals surface area (Å²) < 4.78 is 6.96. The number of aryl methyl sites for hydroxylation is 1. The highest BCUT2D eigenvalue weighted by Gasteiger charge is 2.09. The van der Waals surface area contributed by atoms with E-state index in [2.05, 4.69) is 10.3 Å². The van der Waals surface area contributed by atoms with E-state index in [1.54, 1.807) is 35.6 Å². The molecule has 0 aliphatic rings. The lowest BCUT2D eigenvalue weighted by molar-refractivity contribution is -0.123. The van der Waals surface area contributed by atoms with Crippen molar-refractivity contribution in [1.82, 2.24) is 14.7 Å². The second-order valence-corrected chi connectivity index (χ2v) is 6.70. The van der Waals surface area contributed by atoms with Gasteiger partial charge >= 0.3 is 0 Å². The Morgan fingerprint density at radius 1 is 1.36 bits per heavy atom. The third-order valence-corrected chi connectivity index (χ3v) is 4.62. The molecule has 3 rings (SSSR count). The maximum absolute atomic E-state index is 12.1. The molecule has 2 heterocycles. The number of carbonyl (C=O) groups excluding carboxylic acids is 1. The van der Waals surface area contributed by atoms with Gasteiger partial charge in [-0.15, -0.1) is 11.3 Å². The number of halogens is 1. The zero-order chi connectivity index (χ0) is 17.8. The Balaban J connectivity index is 1.52. The van der Waals surface area contributed by atoms with Crippen LogP contribution in [0.5, 0.6) is 5.75 Å². The highest BCUT2D eigenvalue weighted by Crippen LogP contribution is 2.15. The molecule has 2 aromatic heterocycles. The molecule has 0 atom stereocenters. The topological polar surface area (TPSA) is 72.7 Å². The number of hydrogen-bond donors (Lipinski definition) is 1. The van der Waals surface area contributed by atoms with Crippen LogP contribution in [0, 0.1) is 6.92 Å². The number of benzene rings is 1. The van der Waals surface area contributed by atoms with Crippen molar-refractivity contribution in [3.8, 4) is 5.75 Å². The molecule has 25 heavy (non-hydrogen) atoms. The van der Waals surface area contributed by atoms with E-state index in [0.717, 1.165) is 5.69 Å². The highest BCUT2D eigenvalue weighted by molar-refractivity contribution is 7.15. The molecule has 0 bridgehead atoms. The molecule has 0 spiro atoms. The van der Waals surface area contributed by atoms with Crippen molar-refractivity contribution in [2.24, 2.45) is 0 Å². The van der Waals surface area contributed by atoms with Crippen molar-refractivity contribution in [1.29, 1.82) is 0 Å². The number of nitrogens with zero attached hydrogens (tertiary/aromatic N) is 2. The van der Waals surface area contributed by atoms with E-state index in [1.807, 2.05) is 5.38 Å². The summed E-state index contributed by atoms with van der Waals surface area (Å²) in [5.41, 5.74) is 1.43. The number of rotatable bonds is 6. The first-order valence-electron chi connectivity index (χ1n) is 7.65. The van der Waals surface area contributed by atoms with Gasteiger partial charge in [-0.1, -0.05) is 11.6 Å². The largest absolute Gasteiger partial charge is 0.484 e. The number of aromatic nitrogens is 2. The van der Waals surface area contributed by atoms with Crippen LogP contribution in [-0.2, 0) is 11.2 Å². The molecule has 0 saturated carbocycles. The summed E-state index contributed by atoms with van der Waals surface area (Å²) in [5, 5.41) is 5.28. The molecular weight excluding hydrogens is 362 g/mol. The number of nitrogens with one attached hydrogen (secondary N) is 1. The maximum Gasteiger partial charge on any atom is 0.258 e. The van der Waals surface area contributed by atoms with Gasteiger partial charge < -0.3 is 10.1 Å². The van der Waals surface area contributed by atoms with Crippen molar-refractivity contribution < 1.29 is 9.53 Å². The van der Waals surface area contributed by atoms with Crippen LogP contribution in [0.3, 0.4) is 0 Å². The lowest BCUT2D eigenvalue weighted by atomic mass is 10.3. The van der Waals surface area contributed by atoms with Gasteiger partial charge in [0.25, 0.3) is 11.5 Å². The molecule has 1 amide bonds. The van der Waals surface area contributed by atoms with Gasteiger partial charge in [0.1, 0.15) is 5.75 Å². The Kier molecular flexibility index (Phi) is 5.35. The molecule has 0 unspecified atom stereocenters. The Morgan fingerprint density at radius 3 is 2.88 bits per heavy atom. The van der Waals surface area contributed by atoms with Crippen LogP contribution in [-0.4, -0.2) is 28.4 Å². The molecule has 3 aromatic rings. The highest BCUT2D eigenvalue weighted by atomic mass is 35.5. The smallest absolute Gasteiger partial charge is 0.258 e. The van der Waals surface area contributed by atoms with Crippen LogP contribution in [0.1, 0.15) is 11.4 Å². The summed E-state index contributed by atoms with van der Waals surface area (Å²) in [6.07, 6.45) is 0.539. The fraction of sp³-hybridized carbons (Fsp3) is 0.235. The van der Waals surface area contributed by atoms with Crippen molar-refractivity contribution in [2.75, 3.05) is 13.2 Å². The minimum absolute atomic E-state index is 0.0767. The van der Waals surface area contributed by atoms with Gasteiger partial charge in [0.05, 0.1) is 0 Å².